The summed E-state index contributed by atoms with van der Waals surface area (Å²) < 4.78 is 13.4. The molecule has 3 amide bonds. The fourth-order valence-corrected chi connectivity index (χ4v) is 4.62. The van der Waals surface area contributed by atoms with Gasteiger partial charge in [0.05, 0.1) is 0 Å². The Bertz CT molecular complexity index is 903. The van der Waals surface area contributed by atoms with Crippen molar-refractivity contribution in [1.82, 2.24) is 10.2 Å². The number of hydrogen-bond acceptors (Lipinski definition) is 2. The molecule has 29 heavy (non-hydrogen) atoms. The van der Waals surface area contributed by atoms with Crippen LogP contribution in [0.1, 0.15) is 48.0 Å². The summed E-state index contributed by atoms with van der Waals surface area (Å²) in [5.74, 6) is -0.678. The average Bonchev–Trinajstić information content (AvgIpc) is 2.69. The van der Waals surface area contributed by atoms with Crippen LogP contribution in [0.15, 0.2) is 48.5 Å². The predicted molar refractivity (Wildman–Crippen MR) is 110 cm³/mol. The lowest BCUT2D eigenvalue weighted by Crippen LogP contribution is -2.59. The molecule has 2 aromatic rings. The SMILES string of the molecule is Cc1ccccc1NC(=O)N1[C@H]2CCC[C@H]1CC(NC(=O)c1cccc(F)c1)C2. The topological polar surface area (TPSA) is 61.4 Å². The molecular formula is C23H26FN3O2. The van der Waals surface area contributed by atoms with Crippen LogP contribution in [-0.2, 0) is 0 Å². The van der Waals surface area contributed by atoms with Gasteiger partial charge in [-0.3, -0.25) is 4.79 Å². The molecule has 2 bridgehead atoms. The lowest BCUT2D eigenvalue weighted by atomic mass is 9.82. The van der Waals surface area contributed by atoms with E-state index in [1.807, 2.05) is 36.1 Å². The van der Waals surface area contributed by atoms with Gasteiger partial charge in [-0.25, -0.2) is 9.18 Å². The molecule has 152 valence electrons. The zero-order chi connectivity index (χ0) is 20.4. The highest BCUT2D eigenvalue weighted by molar-refractivity contribution is 5.94. The van der Waals surface area contributed by atoms with Crippen molar-refractivity contribution in [3.05, 3.63) is 65.5 Å². The van der Waals surface area contributed by atoms with Crippen LogP contribution in [0.25, 0.3) is 0 Å². The van der Waals surface area contributed by atoms with Gasteiger partial charge in [0.2, 0.25) is 0 Å². The van der Waals surface area contributed by atoms with Gasteiger partial charge >= 0.3 is 6.03 Å². The molecule has 0 aromatic heterocycles. The van der Waals surface area contributed by atoms with E-state index in [1.54, 1.807) is 6.07 Å². The van der Waals surface area contributed by atoms with Gasteiger partial charge in [0.1, 0.15) is 5.82 Å². The number of nitrogens with one attached hydrogen (secondary N) is 2. The fraction of sp³-hybridized carbons (Fsp3) is 0.391. The first-order valence-corrected chi connectivity index (χ1v) is 10.2. The third kappa shape index (κ3) is 4.26. The van der Waals surface area contributed by atoms with Crippen molar-refractivity contribution in [3.63, 3.8) is 0 Å². The summed E-state index contributed by atoms with van der Waals surface area (Å²) in [5.41, 5.74) is 2.19. The molecule has 0 aliphatic carbocycles. The van der Waals surface area contributed by atoms with Crippen molar-refractivity contribution < 1.29 is 14.0 Å². The van der Waals surface area contributed by atoms with E-state index in [1.165, 1.54) is 18.2 Å². The Kier molecular flexibility index (Phi) is 5.51. The first kappa shape index (κ1) is 19.4. The highest BCUT2D eigenvalue weighted by Crippen LogP contribution is 2.35. The third-order valence-electron chi connectivity index (χ3n) is 6.02. The molecule has 0 spiro atoms. The molecule has 2 fully saturated rings. The molecule has 2 aliphatic heterocycles. The fourth-order valence-electron chi connectivity index (χ4n) is 4.62. The second-order valence-electron chi connectivity index (χ2n) is 8.04. The smallest absolute Gasteiger partial charge is 0.322 e. The van der Waals surface area contributed by atoms with E-state index in [0.29, 0.717) is 5.56 Å². The molecule has 2 aliphatic rings. The Morgan fingerprint density at radius 2 is 1.76 bits per heavy atom. The van der Waals surface area contributed by atoms with Gasteiger partial charge in [0.15, 0.2) is 0 Å². The first-order chi connectivity index (χ1) is 14.0. The summed E-state index contributed by atoms with van der Waals surface area (Å²) in [7, 11) is 0. The van der Waals surface area contributed by atoms with Crippen LogP contribution in [-0.4, -0.2) is 35.0 Å². The van der Waals surface area contributed by atoms with E-state index in [4.69, 9.17) is 0 Å². The number of rotatable bonds is 3. The Morgan fingerprint density at radius 1 is 1.03 bits per heavy atom. The number of piperidine rings is 2. The van der Waals surface area contributed by atoms with Gasteiger partial charge < -0.3 is 15.5 Å². The number of urea groups is 1. The standard InChI is InChI=1S/C23H26FN3O2/c1-15-6-2-3-11-21(15)26-23(29)27-19-9-5-10-20(27)14-18(13-19)25-22(28)16-7-4-8-17(24)12-16/h2-4,6-8,11-12,18-20H,5,9-10,13-14H2,1H3,(H,25,28)(H,26,29)/t19-,20-/m0/s1. The summed E-state index contributed by atoms with van der Waals surface area (Å²) in [6.07, 6.45) is 4.40. The predicted octanol–water partition coefficient (Wildman–Crippen LogP) is 4.48. The second kappa shape index (κ2) is 8.23. The second-order valence-corrected chi connectivity index (χ2v) is 8.04. The van der Waals surface area contributed by atoms with Crippen LogP contribution >= 0.6 is 0 Å². The number of amides is 3. The molecule has 2 saturated heterocycles. The van der Waals surface area contributed by atoms with Crippen molar-refractivity contribution >= 4 is 17.6 Å². The molecule has 2 N–H and O–H groups in total. The summed E-state index contributed by atoms with van der Waals surface area (Å²) >= 11 is 0. The Labute approximate surface area is 170 Å². The van der Waals surface area contributed by atoms with Crippen molar-refractivity contribution in [2.45, 2.75) is 57.2 Å². The van der Waals surface area contributed by atoms with Crippen molar-refractivity contribution in [1.29, 1.82) is 0 Å². The Balaban J connectivity index is 1.43. The van der Waals surface area contributed by atoms with Crippen LogP contribution in [0.2, 0.25) is 0 Å². The Hall–Kier alpha value is -2.89. The number of fused-ring (bicyclic) bond motifs is 2. The van der Waals surface area contributed by atoms with Gasteiger partial charge in [-0.1, -0.05) is 24.3 Å². The molecule has 5 nitrogen and oxygen atoms in total. The third-order valence-corrected chi connectivity index (χ3v) is 6.02. The quantitative estimate of drug-likeness (QED) is 0.805. The minimum Gasteiger partial charge on any atom is -0.349 e. The van der Waals surface area contributed by atoms with Crippen LogP contribution < -0.4 is 10.6 Å². The molecule has 2 heterocycles. The highest BCUT2D eigenvalue weighted by atomic mass is 19.1. The number of carbonyl (C=O) groups is 2. The number of halogens is 1. The maximum atomic E-state index is 13.4. The highest BCUT2D eigenvalue weighted by Gasteiger charge is 2.41. The molecular weight excluding hydrogens is 369 g/mol. The summed E-state index contributed by atoms with van der Waals surface area (Å²) in [5, 5.41) is 6.10. The largest absolute Gasteiger partial charge is 0.349 e. The summed E-state index contributed by atoms with van der Waals surface area (Å²) in [4.78, 5) is 27.5. The van der Waals surface area contributed by atoms with E-state index in [9.17, 15) is 14.0 Å². The lowest BCUT2D eigenvalue weighted by molar-refractivity contribution is 0.0576. The van der Waals surface area contributed by atoms with E-state index >= 15 is 0 Å². The van der Waals surface area contributed by atoms with Gasteiger partial charge in [-0.05, 0) is 68.9 Å². The zero-order valence-corrected chi connectivity index (χ0v) is 16.5. The van der Waals surface area contributed by atoms with Crippen LogP contribution in [0.4, 0.5) is 14.9 Å². The number of aryl methyl sites for hydroxylation is 1. The van der Waals surface area contributed by atoms with Gasteiger partial charge in [-0.15, -0.1) is 0 Å². The number of benzene rings is 2. The van der Waals surface area contributed by atoms with Crippen molar-refractivity contribution in [3.8, 4) is 0 Å². The summed E-state index contributed by atoms with van der Waals surface area (Å²) in [6.45, 7) is 1.98. The number of nitrogens with zero attached hydrogens (tertiary/aromatic N) is 1. The number of anilines is 1. The minimum absolute atomic E-state index is 0.0106. The molecule has 2 aromatic carbocycles. The average molecular weight is 395 g/mol. The number of carbonyl (C=O) groups excluding carboxylic acids is 2. The molecule has 6 heteroatoms. The molecule has 2 atom stereocenters. The van der Waals surface area contributed by atoms with Gasteiger partial charge in [0.25, 0.3) is 5.91 Å². The van der Waals surface area contributed by atoms with Crippen molar-refractivity contribution in [2.24, 2.45) is 0 Å². The summed E-state index contributed by atoms with van der Waals surface area (Å²) in [6, 6.07) is 13.6. The molecule has 0 radical (unpaired) electrons. The number of hydrogen-bond donors (Lipinski definition) is 2. The maximum absolute atomic E-state index is 13.4. The first-order valence-electron chi connectivity index (χ1n) is 10.2. The Morgan fingerprint density at radius 3 is 2.45 bits per heavy atom. The van der Waals surface area contributed by atoms with Gasteiger partial charge in [0, 0.05) is 29.4 Å². The zero-order valence-electron chi connectivity index (χ0n) is 16.5. The van der Waals surface area contributed by atoms with Crippen LogP contribution in [0.3, 0.4) is 0 Å². The monoisotopic (exact) mass is 395 g/mol. The van der Waals surface area contributed by atoms with Crippen molar-refractivity contribution in [2.75, 3.05) is 5.32 Å². The molecule has 0 unspecified atom stereocenters. The molecule has 4 rings (SSSR count). The maximum Gasteiger partial charge on any atom is 0.322 e. The van der Waals surface area contributed by atoms with E-state index in [2.05, 4.69) is 10.6 Å². The normalized spacial score (nSPS) is 23.4. The van der Waals surface area contributed by atoms with E-state index in [-0.39, 0.29) is 30.1 Å². The van der Waals surface area contributed by atoms with E-state index < -0.39 is 5.82 Å². The number of para-hydroxylation sites is 1. The van der Waals surface area contributed by atoms with Crippen LogP contribution in [0, 0.1) is 12.7 Å². The van der Waals surface area contributed by atoms with Gasteiger partial charge in [-0.2, -0.15) is 0 Å². The lowest BCUT2D eigenvalue weighted by Gasteiger charge is -2.48. The van der Waals surface area contributed by atoms with Crippen LogP contribution in [0.5, 0.6) is 0 Å². The molecule has 0 saturated carbocycles. The minimum atomic E-state index is -0.419. The van der Waals surface area contributed by atoms with E-state index in [0.717, 1.165) is 43.4 Å².